The van der Waals surface area contributed by atoms with Gasteiger partial charge >= 0.3 is 0 Å². The number of nitrogens with one attached hydrogen (secondary N) is 3. The Bertz CT molecular complexity index is 1370. The van der Waals surface area contributed by atoms with Crippen molar-refractivity contribution >= 4 is 21.8 Å². The molecule has 2 aromatic carbocycles. The number of H-pyrrole nitrogens is 2. The van der Waals surface area contributed by atoms with Crippen molar-refractivity contribution < 1.29 is 5.11 Å². The van der Waals surface area contributed by atoms with Crippen LogP contribution in [0, 0.1) is 11.8 Å². The fourth-order valence-electron chi connectivity index (χ4n) is 7.34. The quantitative estimate of drug-likeness (QED) is 0.327. The van der Waals surface area contributed by atoms with Gasteiger partial charge in [0.25, 0.3) is 0 Å². The summed E-state index contributed by atoms with van der Waals surface area (Å²) in [6.07, 6.45) is 5.82. The van der Waals surface area contributed by atoms with Gasteiger partial charge in [-0.2, -0.15) is 0 Å². The van der Waals surface area contributed by atoms with E-state index in [1.54, 1.807) is 11.6 Å². The first-order valence-electron chi connectivity index (χ1n) is 13.1. The lowest BCUT2D eigenvalue weighted by Gasteiger charge is -2.47. The average molecular weight is 455 g/mol. The Morgan fingerprint density at radius 2 is 1.76 bits per heavy atom. The number of fused-ring (bicyclic) bond motifs is 8. The van der Waals surface area contributed by atoms with E-state index in [0.717, 1.165) is 30.8 Å². The second-order valence-electron chi connectivity index (χ2n) is 10.7. The first kappa shape index (κ1) is 20.6. The SMILES string of the molecule is CC[C@H]1CN2CCc3c([nH]c4ccccc34)[C@@H]2C[C@@H]1C[C@H]1NCCc2c1[nH]c1ccc(O)cc21. The van der Waals surface area contributed by atoms with Crippen molar-refractivity contribution in [1.82, 2.24) is 20.2 Å². The highest BCUT2D eigenvalue weighted by Crippen LogP contribution is 2.46. The summed E-state index contributed by atoms with van der Waals surface area (Å²) in [5, 5.41) is 16.5. The summed E-state index contributed by atoms with van der Waals surface area (Å²) in [6, 6.07) is 15.4. The molecule has 34 heavy (non-hydrogen) atoms. The summed E-state index contributed by atoms with van der Waals surface area (Å²) in [6.45, 7) is 5.77. The number of aromatic hydroxyl groups is 1. The van der Waals surface area contributed by atoms with E-state index in [1.807, 2.05) is 12.1 Å². The van der Waals surface area contributed by atoms with E-state index in [0.29, 0.717) is 23.8 Å². The molecular formula is C29H34N4O. The van der Waals surface area contributed by atoms with Gasteiger partial charge in [-0.3, -0.25) is 4.90 Å². The maximum Gasteiger partial charge on any atom is 0.116 e. The summed E-state index contributed by atoms with van der Waals surface area (Å²) in [5.41, 5.74) is 8.22. The molecule has 5 nitrogen and oxygen atoms in total. The predicted molar refractivity (Wildman–Crippen MR) is 137 cm³/mol. The molecule has 4 atom stereocenters. The third kappa shape index (κ3) is 3.14. The molecule has 176 valence electrons. The van der Waals surface area contributed by atoms with Crippen molar-refractivity contribution in [2.45, 2.75) is 51.1 Å². The minimum atomic E-state index is 0.356. The van der Waals surface area contributed by atoms with Gasteiger partial charge < -0.3 is 20.4 Å². The van der Waals surface area contributed by atoms with Crippen molar-refractivity contribution in [1.29, 1.82) is 0 Å². The smallest absolute Gasteiger partial charge is 0.116 e. The molecule has 3 aliphatic heterocycles. The Labute approximate surface area is 200 Å². The van der Waals surface area contributed by atoms with Crippen LogP contribution < -0.4 is 5.32 Å². The van der Waals surface area contributed by atoms with E-state index >= 15 is 0 Å². The molecule has 1 saturated heterocycles. The van der Waals surface area contributed by atoms with Crippen LogP contribution in [0.2, 0.25) is 0 Å². The predicted octanol–water partition coefficient (Wildman–Crippen LogP) is 5.58. The number of nitrogens with zero attached hydrogens (tertiary/aromatic N) is 1. The maximum atomic E-state index is 10.0. The van der Waals surface area contributed by atoms with E-state index in [4.69, 9.17) is 0 Å². The number of benzene rings is 2. The second kappa shape index (κ2) is 7.89. The normalized spacial score (nSPS) is 27.0. The molecule has 0 amide bonds. The van der Waals surface area contributed by atoms with Crippen LogP contribution in [0.3, 0.4) is 0 Å². The molecule has 0 unspecified atom stereocenters. The highest BCUT2D eigenvalue weighted by atomic mass is 16.3. The van der Waals surface area contributed by atoms with Crippen LogP contribution in [0.4, 0.5) is 0 Å². The number of hydrogen-bond acceptors (Lipinski definition) is 3. The van der Waals surface area contributed by atoms with Crippen LogP contribution in [-0.2, 0) is 12.8 Å². The fraction of sp³-hybridized carbons (Fsp3) is 0.448. The lowest BCUT2D eigenvalue weighted by atomic mass is 9.74. The van der Waals surface area contributed by atoms with Crippen molar-refractivity contribution in [3.8, 4) is 5.75 Å². The molecule has 7 rings (SSSR count). The number of aromatic amines is 2. The van der Waals surface area contributed by atoms with Crippen LogP contribution in [0.25, 0.3) is 21.8 Å². The third-order valence-electron chi connectivity index (χ3n) is 9.03. The lowest BCUT2D eigenvalue weighted by Crippen LogP contribution is -2.46. The molecule has 2 aromatic heterocycles. The largest absolute Gasteiger partial charge is 0.508 e. The standard InChI is InChI=1S/C29H34N4O/c1-2-17-16-33-12-10-22-20-5-3-4-6-24(20)32-29(22)27(33)14-18(17)13-26-28-21(9-11-30-26)23-15-19(34)7-8-25(23)31-28/h3-8,15,17-18,26-27,30-32,34H,2,9-14,16H2,1H3/t17-,18-,26+,27-/m0/s1. The molecule has 0 aliphatic carbocycles. The Hall–Kier alpha value is -2.76. The number of para-hydroxylation sites is 1. The molecule has 0 saturated carbocycles. The van der Waals surface area contributed by atoms with Crippen LogP contribution in [0.1, 0.15) is 60.8 Å². The van der Waals surface area contributed by atoms with Crippen molar-refractivity contribution in [2.24, 2.45) is 11.8 Å². The van der Waals surface area contributed by atoms with Crippen LogP contribution >= 0.6 is 0 Å². The van der Waals surface area contributed by atoms with Gasteiger partial charge in [-0.15, -0.1) is 0 Å². The first-order valence-corrected chi connectivity index (χ1v) is 13.1. The highest BCUT2D eigenvalue weighted by molar-refractivity contribution is 5.86. The molecule has 0 bridgehead atoms. The van der Waals surface area contributed by atoms with Gasteiger partial charge in [0.2, 0.25) is 0 Å². The van der Waals surface area contributed by atoms with E-state index < -0.39 is 0 Å². The first-order chi connectivity index (χ1) is 16.7. The fourth-order valence-corrected chi connectivity index (χ4v) is 7.34. The second-order valence-corrected chi connectivity index (χ2v) is 10.7. The molecular weight excluding hydrogens is 420 g/mol. The molecule has 5 heteroatoms. The number of rotatable bonds is 3. The van der Waals surface area contributed by atoms with Gasteiger partial charge in [0.15, 0.2) is 0 Å². The number of hydrogen-bond donors (Lipinski definition) is 4. The van der Waals surface area contributed by atoms with Gasteiger partial charge in [-0.25, -0.2) is 0 Å². The Morgan fingerprint density at radius 1 is 0.941 bits per heavy atom. The van der Waals surface area contributed by atoms with Crippen molar-refractivity contribution in [3.63, 3.8) is 0 Å². The monoisotopic (exact) mass is 454 g/mol. The average Bonchev–Trinajstić information content (AvgIpc) is 3.43. The van der Waals surface area contributed by atoms with Crippen molar-refractivity contribution in [3.05, 3.63) is 65.0 Å². The number of phenols is 1. The van der Waals surface area contributed by atoms with E-state index in [9.17, 15) is 5.11 Å². The minimum Gasteiger partial charge on any atom is -0.508 e. The minimum absolute atomic E-state index is 0.356. The zero-order chi connectivity index (χ0) is 22.8. The third-order valence-corrected chi connectivity index (χ3v) is 9.03. The van der Waals surface area contributed by atoms with Crippen molar-refractivity contribution in [2.75, 3.05) is 19.6 Å². The van der Waals surface area contributed by atoms with Crippen LogP contribution in [0.15, 0.2) is 42.5 Å². The molecule has 1 fully saturated rings. The maximum absolute atomic E-state index is 10.0. The topological polar surface area (TPSA) is 67.1 Å². The molecule has 5 heterocycles. The summed E-state index contributed by atoms with van der Waals surface area (Å²) in [7, 11) is 0. The van der Waals surface area contributed by atoms with Crippen LogP contribution in [-0.4, -0.2) is 39.6 Å². The van der Waals surface area contributed by atoms with Gasteiger partial charge in [-0.05, 0) is 79.5 Å². The number of aromatic nitrogens is 2. The number of piperidine rings is 1. The zero-order valence-electron chi connectivity index (χ0n) is 19.9. The van der Waals surface area contributed by atoms with Gasteiger partial charge in [0.1, 0.15) is 5.75 Å². The molecule has 0 radical (unpaired) electrons. The van der Waals surface area contributed by atoms with Gasteiger partial charge in [0.05, 0.1) is 6.04 Å². The summed E-state index contributed by atoms with van der Waals surface area (Å²) >= 11 is 0. The van der Waals surface area contributed by atoms with E-state index in [2.05, 4.69) is 51.4 Å². The summed E-state index contributed by atoms with van der Waals surface area (Å²) in [5.74, 6) is 1.78. The Kier molecular flexibility index (Phi) is 4.78. The van der Waals surface area contributed by atoms with Crippen LogP contribution in [0.5, 0.6) is 5.75 Å². The highest BCUT2D eigenvalue weighted by Gasteiger charge is 2.41. The molecule has 0 spiro atoms. The van der Waals surface area contributed by atoms with Gasteiger partial charge in [0, 0.05) is 52.3 Å². The van der Waals surface area contributed by atoms with E-state index in [-0.39, 0.29) is 0 Å². The number of phenolic OH excluding ortho intramolecular Hbond substituents is 1. The molecule has 3 aliphatic rings. The lowest BCUT2D eigenvalue weighted by molar-refractivity contribution is 0.0419. The summed E-state index contributed by atoms with van der Waals surface area (Å²) in [4.78, 5) is 10.3. The van der Waals surface area contributed by atoms with Gasteiger partial charge in [-0.1, -0.05) is 31.5 Å². The summed E-state index contributed by atoms with van der Waals surface area (Å²) < 4.78 is 0. The van der Waals surface area contributed by atoms with E-state index in [1.165, 1.54) is 65.6 Å². The zero-order valence-corrected chi connectivity index (χ0v) is 19.9. The molecule has 4 aromatic rings. The molecule has 4 N–H and O–H groups in total. The Balaban J connectivity index is 1.21. The Morgan fingerprint density at radius 3 is 2.68 bits per heavy atom.